The van der Waals surface area contributed by atoms with Gasteiger partial charge < -0.3 is 16.0 Å². The standard InChI is InChI=1S/C16H28N4OS.HI/c1-6-17-15(20-11-13-8-7-12(2)22-13)19-10-9-18-14(21)16(3,4)5;/h7-8H,6,9-11H2,1-5H3,(H,18,21)(H2,17,19,20);1H. The van der Waals surface area contributed by atoms with Crippen LogP contribution in [0.25, 0.3) is 0 Å². The van der Waals surface area contributed by atoms with Crippen molar-refractivity contribution in [2.75, 3.05) is 19.6 Å². The highest BCUT2D eigenvalue weighted by Gasteiger charge is 2.20. The fourth-order valence-electron chi connectivity index (χ4n) is 1.69. The van der Waals surface area contributed by atoms with Gasteiger partial charge in [-0.1, -0.05) is 20.8 Å². The molecule has 1 rings (SSSR count). The molecule has 0 aliphatic rings. The summed E-state index contributed by atoms with van der Waals surface area (Å²) in [4.78, 5) is 18.9. The van der Waals surface area contributed by atoms with Gasteiger partial charge in [-0.15, -0.1) is 35.3 Å². The van der Waals surface area contributed by atoms with Crippen molar-refractivity contribution in [2.45, 2.75) is 41.2 Å². The second-order valence-electron chi connectivity index (χ2n) is 6.14. The highest BCUT2D eigenvalue weighted by molar-refractivity contribution is 14.0. The Morgan fingerprint density at radius 3 is 2.35 bits per heavy atom. The van der Waals surface area contributed by atoms with Crippen molar-refractivity contribution in [3.63, 3.8) is 0 Å². The average Bonchev–Trinajstić information content (AvgIpc) is 2.85. The largest absolute Gasteiger partial charge is 0.357 e. The molecule has 0 aliphatic carbocycles. The van der Waals surface area contributed by atoms with E-state index in [0.717, 1.165) is 12.5 Å². The zero-order chi connectivity index (χ0) is 16.6. The Bertz CT molecular complexity index is 508. The molecule has 0 radical (unpaired) electrons. The van der Waals surface area contributed by atoms with Crippen LogP contribution < -0.4 is 16.0 Å². The number of carbonyl (C=O) groups excluding carboxylic acids is 1. The normalized spacial score (nSPS) is 11.6. The molecule has 3 N–H and O–H groups in total. The number of nitrogens with zero attached hydrogens (tertiary/aromatic N) is 1. The molecule has 0 atom stereocenters. The number of aryl methyl sites for hydroxylation is 1. The number of carbonyl (C=O) groups is 1. The summed E-state index contributed by atoms with van der Waals surface area (Å²) in [6.07, 6.45) is 0. The number of hydrogen-bond donors (Lipinski definition) is 3. The van der Waals surface area contributed by atoms with Crippen LogP contribution in [0.3, 0.4) is 0 Å². The molecule has 0 bridgehead atoms. The second kappa shape index (κ2) is 10.9. The van der Waals surface area contributed by atoms with Crippen molar-refractivity contribution in [2.24, 2.45) is 10.4 Å². The summed E-state index contributed by atoms with van der Waals surface area (Å²) in [5, 5.41) is 9.36. The number of guanidine groups is 1. The van der Waals surface area contributed by atoms with Gasteiger partial charge in [-0.2, -0.15) is 0 Å². The van der Waals surface area contributed by atoms with Gasteiger partial charge in [0.15, 0.2) is 5.96 Å². The molecule has 132 valence electrons. The second-order valence-corrected chi connectivity index (χ2v) is 7.51. The molecule has 1 aromatic heterocycles. The van der Waals surface area contributed by atoms with Gasteiger partial charge in [0, 0.05) is 34.8 Å². The summed E-state index contributed by atoms with van der Waals surface area (Å²) in [5.41, 5.74) is -0.352. The summed E-state index contributed by atoms with van der Waals surface area (Å²) >= 11 is 1.76. The van der Waals surface area contributed by atoms with Gasteiger partial charge in [-0.05, 0) is 26.0 Å². The summed E-state index contributed by atoms with van der Waals surface area (Å²) in [5.74, 6) is 0.837. The van der Waals surface area contributed by atoms with Gasteiger partial charge in [-0.25, -0.2) is 4.99 Å². The minimum Gasteiger partial charge on any atom is -0.357 e. The quantitative estimate of drug-likeness (QED) is 0.269. The first-order valence-electron chi connectivity index (χ1n) is 7.68. The Kier molecular flexibility index (Phi) is 10.5. The van der Waals surface area contributed by atoms with E-state index in [4.69, 9.17) is 0 Å². The van der Waals surface area contributed by atoms with Gasteiger partial charge in [-0.3, -0.25) is 4.79 Å². The third-order valence-electron chi connectivity index (χ3n) is 2.92. The van der Waals surface area contributed by atoms with Crippen molar-refractivity contribution in [1.82, 2.24) is 16.0 Å². The lowest BCUT2D eigenvalue weighted by Crippen LogP contribution is -2.43. The number of aliphatic imine (C=N–C) groups is 1. The van der Waals surface area contributed by atoms with Gasteiger partial charge >= 0.3 is 0 Å². The lowest BCUT2D eigenvalue weighted by Gasteiger charge is -2.18. The maximum atomic E-state index is 11.8. The number of rotatable bonds is 6. The summed E-state index contributed by atoms with van der Waals surface area (Å²) < 4.78 is 0. The number of nitrogens with one attached hydrogen (secondary N) is 3. The molecule has 0 fully saturated rings. The fraction of sp³-hybridized carbons (Fsp3) is 0.625. The van der Waals surface area contributed by atoms with Gasteiger partial charge in [0.25, 0.3) is 0 Å². The highest BCUT2D eigenvalue weighted by atomic mass is 127. The van der Waals surface area contributed by atoms with Crippen LogP contribution in [-0.2, 0) is 11.3 Å². The molecule has 1 amide bonds. The minimum absolute atomic E-state index is 0. The molecule has 0 saturated heterocycles. The molecule has 5 nitrogen and oxygen atoms in total. The van der Waals surface area contributed by atoms with Crippen LogP contribution >= 0.6 is 35.3 Å². The molecule has 0 aliphatic heterocycles. The number of amides is 1. The molecule has 0 spiro atoms. The van der Waals surface area contributed by atoms with E-state index in [1.165, 1.54) is 9.75 Å². The van der Waals surface area contributed by atoms with E-state index in [-0.39, 0.29) is 35.3 Å². The van der Waals surface area contributed by atoms with E-state index in [0.29, 0.717) is 19.6 Å². The topological polar surface area (TPSA) is 65.5 Å². The van der Waals surface area contributed by atoms with Gasteiger partial charge in [0.1, 0.15) is 0 Å². The number of thiophene rings is 1. The molecule has 1 aromatic rings. The monoisotopic (exact) mass is 452 g/mol. The van der Waals surface area contributed by atoms with Gasteiger partial charge in [0.2, 0.25) is 5.91 Å². The molecule has 23 heavy (non-hydrogen) atoms. The van der Waals surface area contributed by atoms with Crippen LogP contribution in [0.4, 0.5) is 0 Å². The lowest BCUT2D eigenvalue weighted by molar-refractivity contribution is -0.128. The third-order valence-corrected chi connectivity index (χ3v) is 3.90. The van der Waals surface area contributed by atoms with E-state index >= 15 is 0 Å². The van der Waals surface area contributed by atoms with E-state index in [1.54, 1.807) is 11.3 Å². The van der Waals surface area contributed by atoms with E-state index in [9.17, 15) is 4.79 Å². The Morgan fingerprint density at radius 2 is 1.83 bits per heavy atom. The predicted octanol–water partition coefficient (Wildman–Crippen LogP) is 2.89. The average molecular weight is 452 g/mol. The van der Waals surface area contributed by atoms with Crippen molar-refractivity contribution < 1.29 is 4.79 Å². The van der Waals surface area contributed by atoms with Crippen molar-refractivity contribution >= 4 is 47.2 Å². The Labute approximate surface area is 160 Å². The first-order valence-corrected chi connectivity index (χ1v) is 8.50. The summed E-state index contributed by atoms with van der Waals surface area (Å²) in [6.45, 7) is 12.6. The molecular formula is C16H29IN4OS. The smallest absolute Gasteiger partial charge is 0.225 e. The third kappa shape index (κ3) is 9.14. The Balaban J connectivity index is 0.00000484. The minimum atomic E-state index is -0.352. The van der Waals surface area contributed by atoms with Crippen LogP contribution in [0.15, 0.2) is 17.1 Å². The van der Waals surface area contributed by atoms with Crippen molar-refractivity contribution in [3.8, 4) is 0 Å². The first-order chi connectivity index (χ1) is 10.3. The van der Waals surface area contributed by atoms with Crippen LogP contribution in [0, 0.1) is 12.3 Å². The van der Waals surface area contributed by atoms with E-state index in [2.05, 4.69) is 40.0 Å². The maximum absolute atomic E-state index is 11.8. The summed E-state index contributed by atoms with van der Waals surface area (Å²) in [7, 11) is 0. The zero-order valence-corrected chi connectivity index (χ0v) is 17.8. The van der Waals surface area contributed by atoms with Gasteiger partial charge in [0.05, 0.1) is 6.54 Å². The fourth-order valence-corrected chi connectivity index (χ4v) is 2.51. The predicted molar refractivity (Wildman–Crippen MR) is 110 cm³/mol. The maximum Gasteiger partial charge on any atom is 0.225 e. The van der Waals surface area contributed by atoms with Crippen molar-refractivity contribution in [3.05, 3.63) is 21.9 Å². The molecular weight excluding hydrogens is 423 g/mol. The molecule has 7 heteroatoms. The Hall–Kier alpha value is -0.830. The molecule has 0 saturated carbocycles. The first kappa shape index (κ1) is 22.2. The highest BCUT2D eigenvalue weighted by Crippen LogP contribution is 2.15. The van der Waals surface area contributed by atoms with Crippen LogP contribution in [-0.4, -0.2) is 31.5 Å². The van der Waals surface area contributed by atoms with E-state index in [1.807, 2.05) is 27.7 Å². The number of halogens is 1. The van der Waals surface area contributed by atoms with Crippen LogP contribution in [0.2, 0.25) is 0 Å². The molecule has 1 heterocycles. The zero-order valence-electron chi connectivity index (χ0n) is 14.7. The van der Waals surface area contributed by atoms with Crippen LogP contribution in [0.1, 0.15) is 37.4 Å². The van der Waals surface area contributed by atoms with E-state index < -0.39 is 0 Å². The van der Waals surface area contributed by atoms with Crippen LogP contribution in [0.5, 0.6) is 0 Å². The lowest BCUT2D eigenvalue weighted by atomic mass is 9.96. The molecule has 0 aromatic carbocycles. The Morgan fingerprint density at radius 1 is 1.17 bits per heavy atom. The molecule has 0 unspecified atom stereocenters. The number of hydrogen-bond acceptors (Lipinski definition) is 3. The van der Waals surface area contributed by atoms with Crippen molar-refractivity contribution in [1.29, 1.82) is 0 Å². The summed E-state index contributed by atoms with van der Waals surface area (Å²) in [6, 6.07) is 4.22. The SMILES string of the molecule is CCNC(=NCc1ccc(C)s1)NCCNC(=O)C(C)(C)C.I.